The number of hydrogen-bond donors (Lipinski definition) is 1. The van der Waals surface area contributed by atoms with E-state index in [1.54, 1.807) is 42.9 Å². The Kier molecular flexibility index (Phi) is 5.04. The van der Waals surface area contributed by atoms with E-state index in [1.165, 1.54) is 0 Å². The first-order chi connectivity index (χ1) is 15.4. The first-order valence-electron chi connectivity index (χ1n) is 10.9. The minimum absolute atomic E-state index is 0.0325. The van der Waals surface area contributed by atoms with E-state index in [2.05, 4.69) is 4.72 Å². The van der Waals surface area contributed by atoms with Gasteiger partial charge in [0.05, 0.1) is 11.4 Å². The van der Waals surface area contributed by atoms with E-state index in [0.717, 1.165) is 36.6 Å². The van der Waals surface area contributed by atoms with Crippen LogP contribution in [0.1, 0.15) is 44.4 Å². The second kappa shape index (κ2) is 7.78. The molecule has 2 aromatic heterocycles. The molecule has 1 aliphatic rings. The number of aryl methyl sites for hydroxylation is 1. The van der Waals surface area contributed by atoms with E-state index in [4.69, 9.17) is 9.40 Å². The third kappa shape index (κ3) is 3.58. The Labute approximate surface area is 186 Å². The average molecular weight is 452 g/mol. The molecule has 8 heteroatoms. The molecule has 7 nitrogen and oxygen atoms in total. The number of pyridine rings is 1. The molecule has 0 aliphatic heterocycles. The number of benzene rings is 2. The second-order valence-electron chi connectivity index (χ2n) is 8.42. The lowest BCUT2D eigenvalue weighted by atomic mass is 9.99. The van der Waals surface area contributed by atoms with Crippen molar-refractivity contribution in [3.8, 4) is 11.1 Å². The van der Waals surface area contributed by atoms with Crippen LogP contribution >= 0.6 is 0 Å². The minimum Gasteiger partial charge on any atom is -0.440 e. The summed E-state index contributed by atoms with van der Waals surface area (Å²) < 4.78 is 35.0. The molecule has 32 heavy (non-hydrogen) atoms. The monoisotopic (exact) mass is 451 g/mol. The molecule has 0 amide bonds. The summed E-state index contributed by atoms with van der Waals surface area (Å²) in [5.74, 6) is 0.946. The van der Waals surface area contributed by atoms with E-state index in [-0.39, 0.29) is 17.2 Å². The van der Waals surface area contributed by atoms with Crippen molar-refractivity contribution in [2.24, 2.45) is 7.05 Å². The maximum Gasteiger partial charge on any atom is 0.258 e. The summed E-state index contributed by atoms with van der Waals surface area (Å²) in [4.78, 5) is 17.4. The molecule has 5 rings (SSSR count). The largest absolute Gasteiger partial charge is 0.440 e. The fraction of sp³-hybridized carbons (Fsp3) is 0.333. The van der Waals surface area contributed by atoms with Gasteiger partial charge < -0.3 is 8.98 Å². The van der Waals surface area contributed by atoms with E-state index < -0.39 is 10.0 Å². The van der Waals surface area contributed by atoms with Gasteiger partial charge in [-0.05, 0) is 43.4 Å². The van der Waals surface area contributed by atoms with Gasteiger partial charge >= 0.3 is 0 Å². The van der Waals surface area contributed by atoms with Crippen molar-refractivity contribution in [1.82, 2.24) is 9.55 Å². The quantitative estimate of drug-likeness (QED) is 0.472. The first-order valence-corrected chi connectivity index (χ1v) is 12.6. The molecule has 0 unspecified atom stereocenters. The first kappa shape index (κ1) is 20.8. The van der Waals surface area contributed by atoms with Gasteiger partial charge in [-0.2, -0.15) is 0 Å². The highest BCUT2D eigenvalue weighted by Crippen LogP contribution is 2.40. The molecule has 1 N–H and O–H groups in total. The SMILES string of the molecule is CCS(=O)(=O)Nc1cc(-c2cn(C)c(=O)c3ccccc23)c2oc(C3CCCC3)nc2c1. The lowest BCUT2D eigenvalue weighted by Gasteiger charge is -2.12. The molecule has 166 valence electrons. The zero-order valence-electron chi connectivity index (χ0n) is 18.1. The molecule has 4 aromatic rings. The predicted octanol–water partition coefficient (Wildman–Crippen LogP) is 4.77. The standard InChI is InChI=1S/C24H25N3O4S/c1-3-32(29,30)26-16-12-19(20-14-27(2)24(28)18-11-7-6-10-17(18)20)22-21(13-16)25-23(31-22)15-8-4-5-9-15/h6-7,10-15,26H,3-5,8-9H2,1-2H3. The van der Waals surface area contributed by atoms with Gasteiger partial charge in [0.1, 0.15) is 5.52 Å². The molecule has 0 spiro atoms. The maximum absolute atomic E-state index is 12.7. The van der Waals surface area contributed by atoms with Crippen molar-refractivity contribution in [2.45, 2.75) is 38.5 Å². The maximum atomic E-state index is 12.7. The fourth-order valence-electron chi connectivity index (χ4n) is 4.54. The van der Waals surface area contributed by atoms with Gasteiger partial charge in [-0.3, -0.25) is 9.52 Å². The Balaban J connectivity index is 1.80. The van der Waals surface area contributed by atoms with Crippen LogP contribution in [-0.2, 0) is 17.1 Å². The summed E-state index contributed by atoms with van der Waals surface area (Å²) >= 11 is 0. The van der Waals surface area contributed by atoms with Crippen LogP contribution in [-0.4, -0.2) is 23.7 Å². The number of sulfonamides is 1. The van der Waals surface area contributed by atoms with Gasteiger partial charge in [0, 0.05) is 35.7 Å². The zero-order valence-corrected chi connectivity index (χ0v) is 18.9. The number of anilines is 1. The van der Waals surface area contributed by atoms with Crippen LogP contribution in [0.2, 0.25) is 0 Å². The zero-order chi connectivity index (χ0) is 22.5. The third-order valence-electron chi connectivity index (χ3n) is 6.25. The van der Waals surface area contributed by atoms with E-state index in [0.29, 0.717) is 33.6 Å². The van der Waals surface area contributed by atoms with Crippen LogP contribution in [0, 0.1) is 0 Å². The van der Waals surface area contributed by atoms with Crippen LogP contribution < -0.4 is 10.3 Å². The molecule has 0 saturated heterocycles. The molecule has 1 fully saturated rings. The summed E-state index contributed by atoms with van der Waals surface area (Å²) in [5, 5.41) is 1.38. The Morgan fingerprint density at radius 1 is 1.12 bits per heavy atom. The van der Waals surface area contributed by atoms with Crippen LogP contribution in [0.15, 0.2) is 51.8 Å². The molecule has 0 radical (unpaired) electrons. The molecule has 0 bridgehead atoms. The predicted molar refractivity (Wildman–Crippen MR) is 126 cm³/mol. The normalized spacial score (nSPS) is 15.1. The van der Waals surface area contributed by atoms with E-state index in [9.17, 15) is 13.2 Å². The van der Waals surface area contributed by atoms with Crippen molar-refractivity contribution in [1.29, 1.82) is 0 Å². The highest BCUT2D eigenvalue weighted by molar-refractivity contribution is 7.92. The van der Waals surface area contributed by atoms with E-state index >= 15 is 0 Å². The fourth-order valence-corrected chi connectivity index (χ4v) is 5.16. The summed E-state index contributed by atoms with van der Waals surface area (Å²) in [6, 6.07) is 10.9. The van der Waals surface area contributed by atoms with Gasteiger partial charge in [0.25, 0.3) is 5.56 Å². The Bertz CT molecular complexity index is 1500. The van der Waals surface area contributed by atoms with Crippen LogP contribution in [0.5, 0.6) is 0 Å². The smallest absolute Gasteiger partial charge is 0.258 e. The van der Waals surface area contributed by atoms with Crippen molar-refractivity contribution in [3.05, 3.63) is 58.8 Å². The van der Waals surface area contributed by atoms with Gasteiger partial charge in [-0.15, -0.1) is 0 Å². The molecule has 1 saturated carbocycles. The topological polar surface area (TPSA) is 94.2 Å². The number of nitrogens with zero attached hydrogens (tertiary/aromatic N) is 2. The highest BCUT2D eigenvalue weighted by Gasteiger charge is 2.25. The molecular formula is C24H25N3O4S. The molecule has 0 atom stereocenters. The van der Waals surface area contributed by atoms with Crippen molar-refractivity contribution < 1.29 is 12.8 Å². The van der Waals surface area contributed by atoms with Crippen LogP contribution in [0.3, 0.4) is 0 Å². The number of nitrogens with one attached hydrogen (secondary N) is 1. The van der Waals surface area contributed by atoms with Crippen LogP contribution in [0.4, 0.5) is 5.69 Å². The highest BCUT2D eigenvalue weighted by atomic mass is 32.2. The lowest BCUT2D eigenvalue weighted by molar-refractivity contribution is 0.474. The van der Waals surface area contributed by atoms with Gasteiger partial charge in [-0.25, -0.2) is 13.4 Å². The van der Waals surface area contributed by atoms with Gasteiger partial charge in [-0.1, -0.05) is 31.0 Å². The van der Waals surface area contributed by atoms with Crippen molar-refractivity contribution >= 4 is 37.6 Å². The molecule has 2 heterocycles. The molecule has 1 aliphatic carbocycles. The summed E-state index contributed by atoms with van der Waals surface area (Å²) in [6.45, 7) is 1.59. The Morgan fingerprint density at radius 3 is 2.56 bits per heavy atom. The number of rotatable bonds is 5. The number of oxazole rings is 1. The number of hydrogen-bond acceptors (Lipinski definition) is 5. The third-order valence-corrected chi connectivity index (χ3v) is 7.55. The van der Waals surface area contributed by atoms with Gasteiger partial charge in [0.15, 0.2) is 11.5 Å². The summed E-state index contributed by atoms with van der Waals surface area (Å²) in [7, 11) is -1.76. The number of aromatic nitrogens is 2. The summed E-state index contributed by atoms with van der Waals surface area (Å²) in [6.07, 6.45) is 6.17. The summed E-state index contributed by atoms with van der Waals surface area (Å²) in [5.41, 5.74) is 3.05. The van der Waals surface area contributed by atoms with Gasteiger partial charge in [0.2, 0.25) is 10.0 Å². The molecular weight excluding hydrogens is 426 g/mol. The Hall–Kier alpha value is -3.13. The second-order valence-corrected chi connectivity index (χ2v) is 10.4. The number of fused-ring (bicyclic) bond motifs is 2. The van der Waals surface area contributed by atoms with Crippen LogP contribution in [0.25, 0.3) is 33.0 Å². The van der Waals surface area contributed by atoms with Crippen molar-refractivity contribution in [2.75, 3.05) is 10.5 Å². The van der Waals surface area contributed by atoms with Crippen molar-refractivity contribution in [3.63, 3.8) is 0 Å². The average Bonchev–Trinajstić information content (AvgIpc) is 3.45. The van der Waals surface area contributed by atoms with E-state index in [1.807, 2.05) is 18.2 Å². The lowest BCUT2D eigenvalue weighted by Crippen LogP contribution is -2.16. The molecule has 2 aromatic carbocycles. The minimum atomic E-state index is -3.47. The Morgan fingerprint density at radius 2 is 1.84 bits per heavy atom.